The van der Waals surface area contributed by atoms with Crippen LogP contribution in [0.15, 0.2) is 72.1 Å². The second kappa shape index (κ2) is 7.90. The molecule has 0 aliphatic heterocycles. The van der Waals surface area contributed by atoms with E-state index >= 15 is 0 Å². The number of nitrogens with one attached hydrogen (secondary N) is 1. The molecule has 0 aromatic heterocycles. The molecule has 1 N–H and O–H groups in total. The molecule has 0 radical (unpaired) electrons. The highest BCUT2D eigenvalue weighted by molar-refractivity contribution is 7.89. The molecule has 0 aliphatic carbocycles. The van der Waals surface area contributed by atoms with Crippen molar-refractivity contribution in [2.24, 2.45) is 0 Å². The minimum atomic E-state index is -3.68. The van der Waals surface area contributed by atoms with Crippen molar-refractivity contribution in [1.82, 2.24) is 9.62 Å². The Morgan fingerprint density at radius 2 is 1.88 bits per heavy atom. The molecule has 5 nitrogen and oxygen atoms in total. The van der Waals surface area contributed by atoms with Crippen LogP contribution >= 0.6 is 0 Å². The Hall–Kier alpha value is -2.44. The molecule has 0 atom stereocenters. The molecule has 2 rings (SSSR count). The van der Waals surface area contributed by atoms with Crippen LogP contribution < -0.4 is 5.32 Å². The molecule has 24 heavy (non-hydrogen) atoms. The fraction of sp³-hybridized carbons (Fsp3) is 0.167. The predicted octanol–water partition coefficient (Wildman–Crippen LogP) is 2.42. The molecule has 0 spiro atoms. The Morgan fingerprint density at radius 3 is 2.54 bits per heavy atom. The number of hydrogen-bond donors (Lipinski definition) is 1. The molecular weight excluding hydrogens is 324 g/mol. The van der Waals surface area contributed by atoms with Gasteiger partial charge in [0, 0.05) is 25.7 Å². The SMILES string of the molecule is C=CCNC(=O)c1cccc(S(=O)(=O)N(C)Cc2ccccc2)c1. The van der Waals surface area contributed by atoms with E-state index in [2.05, 4.69) is 11.9 Å². The summed E-state index contributed by atoms with van der Waals surface area (Å²) in [6.07, 6.45) is 1.56. The zero-order valence-electron chi connectivity index (χ0n) is 13.5. The van der Waals surface area contributed by atoms with Crippen molar-refractivity contribution >= 4 is 15.9 Å². The van der Waals surface area contributed by atoms with Gasteiger partial charge in [0.2, 0.25) is 10.0 Å². The van der Waals surface area contributed by atoms with E-state index in [1.165, 1.54) is 23.5 Å². The van der Waals surface area contributed by atoms with E-state index in [9.17, 15) is 13.2 Å². The van der Waals surface area contributed by atoms with Crippen LogP contribution in [0, 0.1) is 0 Å². The van der Waals surface area contributed by atoms with E-state index in [-0.39, 0.29) is 17.3 Å². The highest BCUT2D eigenvalue weighted by Gasteiger charge is 2.22. The molecule has 0 unspecified atom stereocenters. The number of rotatable bonds is 7. The van der Waals surface area contributed by atoms with Gasteiger partial charge in [-0.15, -0.1) is 6.58 Å². The van der Waals surface area contributed by atoms with Gasteiger partial charge >= 0.3 is 0 Å². The molecule has 0 aliphatic rings. The minimum Gasteiger partial charge on any atom is -0.349 e. The number of benzene rings is 2. The van der Waals surface area contributed by atoms with Crippen molar-refractivity contribution in [2.75, 3.05) is 13.6 Å². The smallest absolute Gasteiger partial charge is 0.251 e. The molecule has 6 heteroatoms. The van der Waals surface area contributed by atoms with Crippen LogP contribution in [-0.4, -0.2) is 32.2 Å². The summed E-state index contributed by atoms with van der Waals surface area (Å²) in [4.78, 5) is 12.1. The third kappa shape index (κ3) is 4.31. The van der Waals surface area contributed by atoms with Gasteiger partial charge < -0.3 is 5.32 Å². The topological polar surface area (TPSA) is 66.5 Å². The molecule has 2 aromatic rings. The molecule has 0 saturated carbocycles. The first-order valence-corrected chi connectivity index (χ1v) is 8.88. The van der Waals surface area contributed by atoms with E-state index in [1.807, 2.05) is 30.3 Å². The monoisotopic (exact) mass is 344 g/mol. The second-order valence-corrected chi connectivity index (χ2v) is 7.32. The maximum atomic E-state index is 12.7. The van der Waals surface area contributed by atoms with Gasteiger partial charge in [0.05, 0.1) is 4.90 Å². The van der Waals surface area contributed by atoms with Crippen molar-refractivity contribution in [3.8, 4) is 0 Å². The van der Waals surface area contributed by atoms with Gasteiger partial charge in [-0.1, -0.05) is 42.5 Å². The fourth-order valence-electron chi connectivity index (χ4n) is 2.17. The lowest BCUT2D eigenvalue weighted by Crippen LogP contribution is -2.27. The summed E-state index contributed by atoms with van der Waals surface area (Å²) < 4.78 is 26.7. The number of amides is 1. The molecule has 0 bridgehead atoms. The molecule has 126 valence electrons. The van der Waals surface area contributed by atoms with Gasteiger partial charge in [-0.3, -0.25) is 4.79 Å². The van der Waals surface area contributed by atoms with Crippen molar-refractivity contribution in [1.29, 1.82) is 0 Å². The Labute approximate surface area is 142 Å². The first-order chi connectivity index (χ1) is 11.4. The van der Waals surface area contributed by atoms with Crippen LogP contribution in [0.2, 0.25) is 0 Å². The van der Waals surface area contributed by atoms with Crippen LogP contribution in [0.1, 0.15) is 15.9 Å². The summed E-state index contributed by atoms with van der Waals surface area (Å²) in [7, 11) is -2.16. The Bertz CT molecular complexity index is 817. The Morgan fingerprint density at radius 1 is 1.17 bits per heavy atom. The largest absolute Gasteiger partial charge is 0.349 e. The standard InChI is InChI=1S/C18H20N2O3S/c1-3-12-19-18(21)16-10-7-11-17(13-16)24(22,23)20(2)14-15-8-5-4-6-9-15/h3-11,13H,1,12,14H2,2H3,(H,19,21). The van der Waals surface area contributed by atoms with Crippen LogP contribution in [0.3, 0.4) is 0 Å². The number of sulfonamides is 1. The van der Waals surface area contributed by atoms with E-state index in [1.54, 1.807) is 18.2 Å². The zero-order chi connectivity index (χ0) is 17.6. The molecule has 0 saturated heterocycles. The van der Waals surface area contributed by atoms with Gasteiger partial charge in [0.25, 0.3) is 5.91 Å². The maximum Gasteiger partial charge on any atom is 0.251 e. The van der Waals surface area contributed by atoms with Crippen molar-refractivity contribution < 1.29 is 13.2 Å². The first kappa shape index (κ1) is 17.9. The van der Waals surface area contributed by atoms with Gasteiger partial charge in [-0.25, -0.2) is 8.42 Å². The predicted molar refractivity (Wildman–Crippen MR) is 94.1 cm³/mol. The Balaban J connectivity index is 2.22. The summed E-state index contributed by atoms with van der Waals surface area (Å²) >= 11 is 0. The molecule has 0 heterocycles. The lowest BCUT2D eigenvalue weighted by Gasteiger charge is -2.17. The molecule has 1 amide bonds. The minimum absolute atomic E-state index is 0.0900. The van der Waals surface area contributed by atoms with Crippen LogP contribution in [0.25, 0.3) is 0 Å². The van der Waals surface area contributed by atoms with E-state index in [4.69, 9.17) is 0 Å². The van der Waals surface area contributed by atoms with Gasteiger partial charge in [0.15, 0.2) is 0 Å². The zero-order valence-corrected chi connectivity index (χ0v) is 14.3. The normalized spacial score (nSPS) is 11.2. The van der Waals surface area contributed by atoms with E-state index < -0.39 is 10.0 Å². The van der Waals surface area contributed by atoms with Gasteiger partial charge in [-0.05, 0) is 23.8 Å². The van der Waals surface area contributed by atoms with Crippen LogP contribution in [0.5, 0.6) is 0 Å². The van der Waals surface area contributed by atoms with Gasteiger partial charge in [0.1, 0.15) is 0 Å². The first-order valence-electron chi connectivity index (χ1n) is 7.44. The summed E-state index contributed by atoms with van der Waals surface area (Å²) in [5.41, 5.74) is 1.19. The number of nitrogens with zero attached hydrogens (tertiary/aromatic N) is 1. The molecule has 2 aromatic carbocycles. The summed E-state index contributed by atoms with van der Waals surface area (Å²) in [6.45, 7) is 4.11. The highest BCUT2D eigenvalue weighted by atomic mass is 32.2. The average Bonchev–Trinajstić information content (AvgIpc) is 2.60. The van der Waals surface area contributed by atoms with Crippen LogP contribution in [-0.2, 0) is 16.6 Å². The average molecular weight is 344 g/mol. The number of hydrogen-bond acceptors (Lipinski definition) is 3. The van der Waals surface area contributed by atoms with Gasteiger partial charge in [-0.2, -0.15) is 4.31 Å². The highest BCUT2D eigenvalue weighted by Crippen LogP contribution is 2.18. The van der Waals surface area contributed by atoms with Crippen LogP contribution in [0.4, 0.5) is 0 Å². The Kier molecular flexibility index (Phi) is 5.89. The van der Waals surface area contributed by atoms with Crippen molar-refractivity contribution in [3.05, 3.63) is 78.4 Å². The van der Waals surface area contributed by atoms with Crippen molar-refractivity contribution in [2.45, 2.75) is 11.4 Å². The third-order valence-electron chi connectivity index (χ3n) is 3.46. The lowest BCUT2D eigenvalue weighted by atomic mass is 10.2. The summed E-state index contributed by atoms with van der Waals surface area (Å²) in [5.74, 6) is -0.335. The second-order valence-electron chi connectivity index (χ2n) is 5.27. The lowest BCUT2D eigenvalue weighted by molar-refractivity contribution is 0.0958. The fourth-order valence-corrected chi connectivity index (χ4v) is 3.38. The summed E-state index contributed by atoms with van der Waals surface area (Å²) in [5, 5.41) is 2.63. The molecule has 0 fully saturated rings. The number of carbonyl (C=O) groups excluding carboxylic acids is 1. The summed E-state index contributed by atoms with van der Waals surface area (Å²) in [6, 6.07) is 15.3. The maximum absolute atomic E-state index is 12.7. The number of carbonyl (C=O) groups is 1. The van der Waals surface area contributed by atoms with E-state index in [0.717, 1.165) is 5.56 Å². The van der Waals surface area contributed by atoms with Crippen molar-refractivity contribution in [3.63, 3.8) is 0 Å². The van der Waals surface area contributed by atoms with E-state index in [0.29, 0.717) is 12.1 Å². The quantitative estimate of drug-likeness (QED) is 0.785. The molecular formula is C18H20N2O3S. The third-order valence-corrected chi connectivity index (χ3v) is 5.26.